The number of carboxylic acids is 1. The summed E-state index contributed by atoms with van der Waals surface area (Å²) in [6.07, 6.45) is 0.446. The summed E-state index contributed by atoms with van der Waals surface area (Å²) in [4.78, 5) is 61.1. The predicted molar refractivity (Wildman–Crippen MR) is 107 cm³/mol. The molecule has 0 aromatic carbocycles. The fourth-order valence-corrected chi connectivity index (χ4v) is 3.17. The van der Waals surface area contributed by atoms with E-state index < -0.39 is 54.3 Å². The number of likely N-dealkylation sites (tertiary alicyclic amines) is 1. The Hall–Kier alpha value is -2.34. The van der Waals surface area contributed by atoms with Crippen LogP contribution in [0.2, 0.25) is 0 Å². The van der Waals surface area contributed by atoms with Gasteiger partial charge in [0.1, 0.15) is 18.1 Å². The lowest BCUT2D eigenvalue weighted by Crippen LogP contribution is -2.57. The van der Waals surface area contributed by atoms with Crippen molar-refractivity contribution in [2.45, 2.75) is 57.3 Å². The van der Waals surface area contributed by atoms with Crippen molar-refractivity contribution in [1.82, 2.24) is 15.5 Å². The number of hydrogen-bond donors (Lipinski definition) is 6. The fourth-order valence-electron chi connectivity index (χ4n) is 2.92. The maximum atomic E-state index is 12.7. The van der Waals surface area contributed by atoms with Crippen LogP contribution in [0.15, 0.2) is 0 Å². The van der Waals surface area contributed by atoms with Gasteiger partial charge in [0.05, 0.1) is 12.5 Å². The van der Waals surface area contributed by atoms with Gasteiger partial charge in [0.2, 0.25) is 23.6 Å². The normalized spacial score (nSPS) is 19.3. The van der Waals surface area contributed by atoms with Gasteiger partial charge in [0.25, 0.3) is 0 Å². The van der Waals surface area contributed by atoms with Crippen LogP contribution in [0.1, 0.15) is 33.1 Å². The molecule has 1 fully saturated rings. The molecule has 0 aromatic rings. The van der Waals surface area contributed by atoms with Crippen molar-refractivity contribution in [3.05, 3.63) is 0 Å². The molecule has 1 saturated heterocycles. The molecule has 0 aliphatic carbocycles. The van der Waals surface area contributed by atoms with Gasteiger partial charge in [-0.3, -0.25) is 19.2 Å². The average molecular weight is 432 g/mol. The quantitative estimate of drug-likeness (QED) is 0.212. The molecule has 4 unspecified atom stereocenters. The summed E-state index contributed by atoms with van der Waals surface area (Å²) in [5.41, 5.74) is 10.9. The molecule has 1 aliphatic heterocycles. The number of aliphatic carboxylic acids is 1. The summed E-state index contributed by atoms with van der Waals surface area (Å²) in [6, 6.07) is -4.19. The van der Waals surface area contributed by atoms with E-state index >= 15 is 0 Å². The molecule has 29 heavy (non-hydrogen) atoms. The third-order valence-corrected chi connectivity index (χ3v) is 5.04. The fraction of sp³-hybridized carbons (Fsp3) is 0.706. The molecule has 0 spiro atoms. The van der Waals surface area contributed by atoms with E-state index in [9.17, 15) is 24.0 Å². The van der Waals surface area contributed by atoms with Crippen LogP contribution in [-0.2, 0) is 24.0 Å². The zero-order valence-electron chi connectivity index (χ0n) is 16.5. The van der Waals surface area contributed by atoms with E-state index in [-0.39, 0.29) is 17.6 Å². The van der Waals surface area contributed by atoms with Crippen LogP contribution in [-0.4, -0.2) is 76.1 Å². The maximum Gasteiger partial charge on any atom is 0.326 e. The van der Waals surface area contributed by atoms with E-state index in [2.05, 4.69) is 23.3 Å². The predicted octanol–water partition coefficient (Wildman–Crippen LogP) is -2.18. The smallest absolute Gasteiger partial charge is 0.326 e. The van der Waals surface area contributed by atoms with E-state index in [4.69, 9.17) is 16.6 Å². The molecular formula is C17H29N5O6S. The minimum absolute atomic E-state index is 0.0963. The van der Waals surface area contributed by atoms with Crippen LogP contribution in [0, 0.1) is 5.92 Å². The number of nitrogens with two attached hydrogens (primary N) is 2. The monoisotopic (exact) mass is 431 g/mol. The summed E-state index contributed by atoms with van der Waals surface area (Å²) >= 11 is 4.02. The Bertz CT molecular complexity index is 658. The molecule has 7 N–H and O–H groups in total. The number of thiol groups is 1. The number of nitrogens with one attached hydrogen (secondary N) is 2. The van der Waals surface area contributed by atoms with Gasteiger partial charge in [-0.15, -0.1) is 0 Å². The molecule has 164 valence electrons. The molecule has 1 heterocycles. The number of carbonyl (C=O) groups excluding carboxylic acids is 4. The second-order valence-electron chi connectivity index (χ2n) is 7.27. The van der Waals surface area contributed by atoms with Crippen LogP contribution in [0.3, 0.4) is 0 Å². The Morgan fingerprint density at radius 2 is 1.79 bits per heavy atom. The largest absolute Gasteiger partial charge is 0.480 e. The van der Waals surface area contributed by atoms with Crippen molar-refractivity contribution in [2.75, 3.05) is 12.3 Å². The van der Waals surface area contributed by atoms with Crippen LogP contribution < -0.4 is 22.1 Å². The molecule has 4 atom stereocenters. The number of carboxylic acid groups (broad SMARTS) is 1. The molecule has 0 radical (unpaired) electrons. The molecule has 1 rings (SSSR count). The molecule has 4 amide bonds. The SMILES string of the molecule is CC(C)C(N)C(=O)N1CCCC1C(=O)NC(CS)C(=O)NC(CC(N)=O)C(=O)O. The van der Waals surface area contributed by atoms with Gasteiger partial charge in [0, 0.05) is 12.3 Å². The highest BCUT2D eigenvalue weighted by Crippen LogP contribution is 2.20. The molecule has 1 aliphatic rings. The van der Waals surface area contributed by atoms with Gasteiger partial charge in [-0.25, -0.2) is 4.79 Å². The van der Waals surface area contributed by atoms with Gasteiger partial charge >= 0.3 is 5.97 Å². The van der Waals surface area contributed by atoms with E-state index in [1.165, 1.54) is 4.90 Å². The van der Waals surface area contributed by atoms with Crippen LogP contribution in [0.4, 0.5) is 0 Å². The summed E-state index contributed by atoms with van der Waals surface area (Å²) in [5, 5.41) is 13.7. The van der Waals surface area contributed by atoms with Crippen molar-refractivity contribution in [3.63, 3.8) is 0 Å². The first-order valence-corrected chi connectivity index (χ1v) is 9.91. The average Bonchev–Trinajstić information content (AvgIpc) is 3.13. The van der Waals surface area contributed by atoms with Gasteiger partial charge in [-0.05, 0) is 18.8 Å². The van der Waals surface area contributed by atoms with Crippen LogP contribution in [0.5, 0.6) is 0 Å². The third-order valence-electron chi connectivity index (χ3n) is 4.68. The summed E-state index contributed by atoms with van der Waals surface area (Å²) in [5.74, 6) is -4.26. The molecule has 0 saturated carbocycles. The number of hydrogen-bond acceptors (Lipinski definition) is 7. The summed E-state index contributed by atoms with van der Waals surface area (Å²) < 4.78 is 0. The highest BCUT2D eigenvalue weighted by Gasteiger charge is 2.38. The Morgan fingerprint density at radius 3 is 2.28 bits per heavy atom. The van der Waals surface area contributed by atoms with Crippen molar-refractivity contribution >= 4 is 42.2 Å². The van der Waals surface area contributed by atoms with Gasteiger partial charge < -0.3 is 32.1 Å². The summed E-state index contributed by atoms with van der Waals surface area (Å²) in [7, 11) is 0. The van der Waals surface area contributed by atoms with E-state index in [0.29, 0.717) is 19.4 Å². The molecule has 11 nitrogen and oxygen atoms in total. The standard InChI is InChI=1S/C17H29N5O6S/c1-8(2)13(19)16(26)22-5-3-4-11(22)15(25)21-10(7-29)14(24)20-9(17(27)28)6-12(18)23/h8-11,13,29H,3-7,19H2,1-2H3,(H2,18,23)(H,20,24)(H,21,25)(H,27,28). The lowest BCUT2D eigenvalue weighted by Gasteiger charge is -2.29. The molecule has 12 heteroatoms. The number of carbonyl (C=O) groups is 5. The van der Waals surface area contributed by atoms with Crippen LogP contribution in [0.25, 0.3) is 0 Å². The molecule has 0 bridgehead atoms. The molecule has 0 aromatic heterocycles. The van der Waals surface area contributed by atoms with Crippen molar-refractivity contribution in [2.24, 2.45) is 17.4 Å². The topological polar surface area (TPSA) is 185 Å². The third kappa shape index (κ3) is 6.89. The Labute approximate surface area is 174 Å². The minimum Gasteiger partial charge on any atom is -0.480 e. The van der Waals surface area contributed by atoms with Gasteiger partial charge in [-0.1, -0.05) is 13.8 Å². The highest BCUT2D eigenvalue weighted by atomic mass is 32.1. The van der Waals surface area contributed by atoms with Crippen molar-refractivity contribution < 1.29 is 29.1 Å². The van der Waals surface area contributed by atoms with Crippen molar-refractivity contribution in [1.29, 1.82) is 0 Å². The first kappa shape index (κ1) is 24.7. The number of primary amides is 1. The Balaban J connectivity index is 2.80. The summed E-state index contributed by atoms with van der Waals surface area (Å²) in [6.45, 7) is 3.99. The molecular weight excluding hydrogens is 402 g/mol. The zero-order chi connectivity index (χ0) is 22.3. The maximum absolute atomic E-state index is 12.7. The van der Waals surface area contributed by atoms with E-state index in [1.807, 2.05) is 0 Å². The Kier molecular flexibility index (Phi) is 9.37. The number of nitrogens with zero attached hydrogens (tertiary/aromatic N) is 1. The van der Waals surface area contributed by atoms with Crippen LogP contribution >= 0.6 is 12.6 Å². The lowest BCUT2D eigenvalue weighted by molar-refractivity contribution is -0.144. The second kappa shape index (κ2) is 11.0. The van der Waals surface area contributed by atoms with E-state index in [0.717, 1.165) is 0 Å². The number of rotatable bonds is 10. The Morgan fingerprint density at radius 1 is 1.17 bits per heavy atom. The second-order valence-corrected chi connectivity index (χ2v) is 7.64. The zero-order valence-corrected chi connectivity index (χ0v) is 17.4. The first-order chi connectivity index (χ1) is 13.5. The van der Waals surface area contributed by atoms with Gasteiger partial charge in [-0.2, -0.15) is 12.6 Å². The lowest BCUT2D eigenvalue weighted by atomic mass is 10.0. The minimum atomic E-state index is -1.52. The van der Waals surface area contributed by atoms with Crippen molar-refractivity contribution in [3.8, 4) is 0 Å². The first-order valence-electron chi connectivity index (χ1n) is 9.28. The highest BCUT2D eigenvalue weighted by molar-refractivity contribution is 7.80. The number of amides is 4. The van der Waals surface area contributed by atoms with E-state index in [1.54, 1.807) is 13.8 Å². The van der Waals surface area contributed by atoms with Gasteiger partial charge in [0.15, 0.2) is 0 Å².